The molecule has 1 aromatic carbocycles. The Bertz CT molecular complexity index is 796. The highest BCUT2D eigenvalue weighted by Gasteiger charge is 2.17. The van der Waals surface area contributed by atoms with E-state index in [4.69, 9.17) is 4.98 Å². The molecule has 3 aromatic rings. The van der Waals surface area contributed by atoms with Gasteiger partial charge in [0.2, 0.25) is 0 Å². The second-order valence-corrected chi connectivity index (χ2v) is 5.79. The van der Waals surface area contributed by atoms with Gasteiger partial charge in [-0.3, -0.25) is 4.98 Å². The van der Waals surface area contributed by atoms with E-state index in [1.165, 1.54) is 63.6 Å². The molecule has 2 heteroatoms. The van der Waals surface area contributed by atoms with Gasteiger partial charge in [-0.1, -0.05) is 0 Å². The van der Waals surface area contributed by atoms with Crippen molar-refractivity contribution in [2.75, 3.05) is 0 Å². The second-order valence-electron chi connectivity index (χ2n) is 5.79. The summed E-state index contributed by atoms with van der Waals surface area (Å²) in [7, 11) is 0. The Morgan fingerprint density at radius 3 is 2.74 bits per heavy atom. The number of nitrogens with zero attached hydrogens (tertiary/aromatic N) is 1. The van der Waals surface area contributed by atoms with Gasteiger partial charge in [0.1, 0.15) is 0 Å². The van der Waals surface area contributed by atoms with Crippen molar-refractivity contribution in [3.05, 3.63) is 40.7 Å². The molecular weight excluding hydrogens is 232 g/mol. The van der Waals surface area contributed by atoms with Crippen LogP contribution >= 0.6 is 0 Å². The minimum atomic E-state index is 1.15. The highest BCUT2D eigenvalue weighted by atomic mass is 14.7. The summed E-state index contributed by atoms with van der Waals surface area (Å²) in [5.41, 5.74) is 7.80. The number of hydrogen-bond donors (Lipinski definition) is 1. The highest BCUT2D eigenvalue weighted by Crippen LogP contribution is 2.32. The number of aromatic nitrogens is 2. The first-order chi connectivity index (χ1) is 9.22. The first kappa shape index (κ1) is 11.0. The Morgan fingerprint density at radius 2 is 1.84 bits per heavy atom. The van der Waals surface area contributed by atoms with Crippen LogP contribution in [0.5, 0.6) is 0 Å². The molecule has 1 aliphatic carbocycles. The molecule has 0 fully saturated rings. The molecule has 0 spiro atoms. The van der Waals surface area contributed by atoms with Crippen LogP contribution in [0.25, 0.3) is 21.8 Å². The van der Waals surface area contributed by atoms with E-state index in [0.29, 0.717) is 0 Å². The quantitative estimate of drug-likeness (QED) is 0.636. The maximum atomic E-state index is 4.85. The van der Waals surface area contributed by atoms with Gasteiger partial charge in [-0.25, -0.2) is 0 Å². The van der Waals surface area contributed by atoms with E-state index in [-0.39, 0.29) is 0 Å². The minimum Gasteiger partial charge on any atom is -0.359 e. The van der Waals surface area contributed by atoms with E-state index >= 15 is 0 Å². The molecule has 4 rings (SSSR count). The van der Waals surface area contributed by atoms with Crippen LogP contribution in [0.15, 0.2) is 18.2 Å². The first-order valence-electron chi connectivity index (χ1n) is 7.14. The monoisotopic (exact) mass is 250 g/mol. The standard InChI is InChI=1S/C17H18N2/c1-10-7-11(2)18-16-9-14-12-5-3-4-6-15(12)19-17(14)8-13(10)16/h7-9,18H,3-6H2,1-2H3. The molecule has 2 nitrogen and oxygen atoms in total. The third-order valence-electron chi connectivity index (χ3n) is 4.34. The van der Waals surface area contributed by atoms with E-state index < -0.39 is 0 Å². The summed E-state index contributed by atoms with van der Waals surface area (Å²) in [5.74, 6) is 0. The summed E-state index contributed by atoms with van der Waals surface area (Å²) in [6.07, 6.45) is 4.95. The summed E-state index contributed by atoms with van der Waals surface area (Å²) in [5, 5.41) is 2.66. The summed E-state index contributed by atoms with van der Waals surface area (Å²) >= 11 is 0. The average molecular weight is 250 g/mol. The zero-order valence-electron chi connectivity index (χ0n) is 11.5. The van der Waals surface area contributed by atoms with Crippen LogP contribution in [0.4, 0.5) is 0 Å². The number of H-pyrrole nitrogens is 1. The maximum absolute atomic E-state index is 4.85. The predicted octanol–water partition coefficient (Wildman–Crippen LogP) is 4.21. The molecule has 0 bridgehead atoms. The number of aryl methyl sites for hydroxylation is 4. The van der Waals surface area contributed by atoms with Crippen LogP contribution in [0, 0.1) is 13.8 Å². The Kier molecular flexibility index (Phi) is 2.22. The predicted molar refractivity (Wildman–Crippen MR) is 79.7 cm³/mol. The number of fused-ring (bicyclic) bond motifs is 4. The number of benzene rings is 1. The number of pyridine rings is 1. The van der Waals surface area contributed by atoms with Gasteiger partial charge < -0.3 is 4.98 Å². The highest BCUT2D eigenvalue weighted by molar-refractivity contribution is 5.98. The van der Waals surface area contributed by atoms with Gasteiger partial charge in [0.05, 0.1) is 5.52 Å². The lowest BCUT2D eigenvalue weighted by molar-refractivity contribution is 0.680. The molecule has 96 valence electrons. The van der Waals surface area contributed by atoms with Crippen molar-refractivity contribution >= 4 is 21.8 Å². The third-order valence-corrected chi connectivity index (χ3v) is 4.34. The van der Waals surface area contributed by atoms with Gasteiger partial charge >= 0.3 is 0 Å². The molecule has 0 unspecified atom stereocenters. The zero-order chi connectivity index (χ0) is 13.0. The molecule has 19 heavy (non-hydrogen) atoms. The van der Waals surface area contributed by atoms with Gasteiger partial charge in [0, 0.05) is 27.7 Å². The normalized spacial score (nSPS) is 15.1. The lowest BCUT2D eigenvalue weighted by Crippen LogP contribution is -1.99. The van der Waals surface area contributed by atoms with Crippen molar-refractivity contribution in [2.24, 2.45) is 0 Å². The van der Waals surface area contributed by atoms with Gasteiger partial charge in [0.15, 0.2) is 0 Å². The minimum absolute atomic E-state index is 1.15. The van der Waals surface area contributed by atoms with Gasteiger partial charge in [0.25, 0.3) is 0 Å². The van der Waals surface area contributed by atoms with Gasteiger partial charge in [-0.2, -0.15) is 0 Å². The third kappa shape index (κ3) is 1.59. The summed E-state index contributed by atoms with van der Waals surface area (Å²) in [4.78, 5) is 8.34. The number of nitrogens with one attached hydrogen (secondary N) is 1. The Balaban J connectivity index is 2.11. The molecule has 1 N–H and O–H groups in total. The molecule has 0 atom stereocenters. The molecule has 2 aromatic heterocycles. The van der Waals surface area contributed by atoms with Crippen LogP contribution in [0.1, 0.15) is 35.4 Å². The zero-order valence-corrected chi connectivity index (χ0v) is 11.5. The van der Waals surface area contributed by atoms with Crippen LogP contribution in [-0.2, 0) is 12.8 Å². The molecule has 0 amide bonds. The van der Waals surface area contributed by atoms with Crippen molar-refractivity contribution in [1.82, 2.24) is 9.97 Å². The van der Waals surface area contributed by atoms with E-state index in [1.54, 1.807) is 0 Å². The Morgan fingerprint density at radius 1 is 1.00 bits per heavy atom. The van der Waals surface area contributed by atoms with Crippen LogP contribution < -0.4 is 0 Å². The summed E-state index contributed by atoms with van der Waals surface area (Å²) in [6, 6.07) is 6.77. The van der Waals surface area contributed by atoms with Crippen LogP contribution in [-0.4, -0.2) is 9.97 Å². The number of aromatic amines is 1. The smallest absolute Gasteiger partial charge is 0.0716 e. The fourth-order valence-electron chi connectivity index (χ4n) is 3.45. The van der Waals surface area contributed by atoms with Gasteiger partial charge in [-0.05, 0) is 68.9 Å². The van der Waals surface area contributed by atoms with E-state index in [0.717, 1.165) is 6.42 Å². The number of hydrogen-bond acceptors (Lipinski definition) is 1. The SMILES string of the molecule is Cc1cc(C)c2cc3nc4c(c3cc2[nH]1)CCCC4. The molecule has 1 aliphatic rings. The topological polar surface area (TPSA) is 28.7 Å². The molecular formula is C17H18N2. The summed E-state index contributed by atoms with van der Waals surface area (Å²) < 4.78 is 0. The van der Waals surface area contributed by atoms with Crippen LogP contribution in [0.2, 0.25) is 0 Å². The largest absolute Gasteiger partial charge is 0.359 e. The maximum Gasteiger partial charge on any atom is 0.0716 e. The lowest BCUT2D eigenvalue weighted by Gasteiger charge is -2.10. The van der Waals surface area contributed by atoms with Crippen LogP contribution in [0.3, 0.4) is 0 Å². The van der Waals surface area contributed by atoms with Crippen molar-refractivity contribution in [3.8, 4) is 0 Å². The molecule has 0 aliphatic heterocycles. The van der Waals surface area contributed by atoms with Crippen molar-refractivity contribution in [2.45, 2.75) is 39.5 Å². The molecule has 2 heterocycles. The lowest BCUT2D eigenvalue weighted by atomic mass is 9.95. The fraction of sp³-hybridized carbons (Fsp3) is 0.353. The molecule has 0 radical (unpaired) electrons. The molecule has 0 saturated heterocycles. The van der Waals surface area contributed by atoms with Gasteiger partial charge in [-0.15, -0.1) is 0 Å². The van der Waals surface area contributed by atoms with Crippen molar-refractivity contribution in [1.29, 1.82) is 0 Å². The Labute approximate surface area is 112 Å². The van der Waals surface area contributed by atoms with E-state index in [1.807, 2.05) is 0 Å². The van der Waals surface area contributed by atoms with Crippen molar-refractivity contribution in [3.63, 3.8) is 0 Å². The first-order valence-corrected chi connectivity index (χ1v) is 7.14. The second kappa shape index (κ2) is 3.83. The fourth-order valence-corrected chi connectivity index (χ4v) is 3.45. The number of rotatable bonds is 0. The van der Waals surface area contributed by atoms with E-state index in [2.05, 4.69) is 37.0 Å². The average Bonchev–Trinajstić information content (AvgIpc) is 2.74. The summed E-state index contributed by atoms with van der Waals surface area (Å²) in [6.45, 7) is 4.30. The van der Waals surface area contributed by atoms with E-state index in [9.17, 15) is 0 Å². The van der Waals surface area contributed by atoms with Crippen molar-refractivity contribution < 1.29 is 0 Å². The molecule has 0 saturated carbocycles. The Hall–Kier alpha value is -1.83.